The first-order chi connectivity index (χ1) is 12.9. The van der Waals surface area contributed by atoms with Crippen LogP contribution in [0, 0.1) is 5.82 Å². The third-order valence-electron chi connectivity index (χ3n) is 4.14. The second-order valence-corrected chi connectivity index (χ2v) is 6.95. The summed E-state index contributed by atoms with van der Waals surface area (Å²) in [5, 5.41) is 3.63. The number of pyridine rings is 1. The van der Waals surface area contributed by atoms with Gasteiger partial charge in [-0.25, -0.2) is 8.60 Å². The number of rotatable bonds is 6. The molecule has 3 aromatic rings. The number of aryl methyl sites for hydroxylation is 1. The molecule has 0 fully saturated rings. The van der Waals surface area contributed by atoms with Gasteiger partial charge in [-0.05, 0) is 41.8 Å². The molecule has 0 bridgehead atoms. The monoisotopic (exact) mass is 387 g/mol. The molecule has 27 heavy (non-hydrogen) atoms. The highest BCUT2D eigenvalue weighted by Crippen LogP contribution is 2.32. The van der Waals surface area contributed by atoms with Crippen molar-refractivity contribution >= 4 is 39.3 Å². The fraction of sp³-hybridized carbons (Fsp3) is 0.158. The van der Waals surface area contributed by atoms with Gasteiger partial charge < -0.3 is 15.6 Å². The molecule has 4 N–H and O–H groups in total. The van der Waals surface area contributed by atoms with E-state index in [1.807, 2.05) is 13.0 Å². The molecule has 0 radical (unpaired) electrons. The van der Waals surface area contributed by atoms with E-state index in [0.717, 1.165) is 5.56 Å². The van der Waals surface area contributed by atoms with Crippen LogP contribution in [-0.4, -0.2) is 19.7 Å². The average Bonchev–Trinajstić information content (AvgIpc) is 2.60. The normalized spacial score (nSPS) is 12.1. The van der Waals surface area contributed by atoms with Crippen LogP contribution in [0.5, 0.6) is 0 Å². The molecule has 0 spiro atoms. The van der Waals surface area contributed by atoms with E-state index in [-0.39, 0.29) is 11.3 Å². The Balaban J connectivity index is 2.27. The van der Waals surface area contributed by atoms with Crippen LogP contribution in [0.15, 0.2) is 42.6 Å². The Bertz CT molecular complexity index is 1060. The van der Waals surface area contributed by atoms with E-state index in [9.17, 15) is 17.9 Å². The highest BCUT2D eigenvalue weighted by Gasteiger charge is 2.17. The van der Waals surface area contributed by atoms with E-state index in [1.54, 1.807) is 18.2 Å². The maximum absolute atomic E-state index is 13.6. The highest BCUT2D eigenvalue weighted by atomic mass is 32.2. The number of benzene rings is 2. The Labute approximate surface area is 157 Å². The number of carbonyl (C=O) groups is 1. The number of anilines is 2. The van der Waals surface area contributed by atoms with E-state index in [0.29, 0.717) is 34.3 Å². The predicted molar refractivity (Wildman–Crippen MR) is 104 cm³/mol. The zero-order valence-electron chi connectivity index (χ0n) is 14.5. The van der Waals surface area contributed by atoms with Crippen molar-refractivity contribution in [3.05, 3.63) is 65.1 Å². The number of nitrogens with zero attached hydrogens (tertiary/aromatic N) is 1. The van der Waals surface area contributed by atoms with Gasteiger partial charge in [0.2, 0.25) is 0 Å². The van der Waals surface area contributed by atoms with Gasteiger partial charge in [-0.15, -0.1) is 0 Å². The van der Waals surface area contributed by atoms with E-state index in [4.69, 9.17) is 5.73 Å². The fourth-order valence-corrected chi connectivity index (χ4v) is 3.42. The molecule has 0 aliphatic heterocycles. The number of hydrogen-bond donors (Lipinski definition) is 3. The molecule has 1 heterocycles. The lowest BCUT2D eigenvalue weighted by molar-refractivity contribution is 0.100. The molecule has 3 rings (SSSR count). The van der Waals surface area contributed by atoms with Gasteiger partial charge in [0.1, 0.15) is 5.82 Å². The number of aromatic nitrogens is 1. The Morgan fingerprint density at radius 1 is 1.33 bits per heavy atom. The molecule has 140 valence electrons. The van der Waals surface area contributed by atoms with Gasteiger partial charge in [-0.1, -0.05) is 19.1 Å². The molecule has 0 saturated carbocycles. The third-order valence-corrected chi connectivity index (χ3v) is 4.72. The molecule has 6 nitrogen and oxygen atoms in total. The summed E-state index contributed by atoms with van der Waals surface area (Å²) in [4.78, 5) is 16.3. The molecule has 8 heteroatoms. The van der Waals surface area contributed by atoms with Gasteiger partial charge >= 0.3 is 0 Å². The summed E-state index contributed by atoms with van der Waals surface area (Å²) < 4.78 is 34.1. The molecule has 0 aliphatic carbocycles. The van der Waals surface area contributed by atoms with Crippen molar-refractivity contribution in [3.63, 3.8) is 0 Å². The van der Waals surface area contributed by atoms with Crippen molar-refractivity contribution in [3.8, 4) is 0 Å². The predicted octanol–water partition coefficient (Wildman–Crippen LogP) is 3.50. The summed E-state index contributed by atoms with van der Waals surface area (Å²) in [5.74, 6) is -1.16. The smallest absolute Gasteiger partial charge is 0.252 e. The van der Waals surface area contributed by atoms with Gasteiger partial charge in [0.15, 0.2) is 11.1 Å². The average molecular weight is 387 g/mol. The fourth-order valence-electron chi connectivity index (χ4n) is 2.97. The molecular formula is C19H18FN3O3S. The van der Waals surface area contributed by atoms with Gasteiger partial charge in [0.25, 0.3) is 5.91 Å². The van der Waals surface area contributed by atoms with Crippen LogP contribution in [0.3, 0.4) is 0 Å². The summed E-state index contributed by atoms with van der Waals surface area (Å²) in [6, 6.07) is 9.33. The molecule has 2 aromatic carbocycles. The first kappa shape index (κ1) is 18.9. The van der Waals surface area contributed by atoms with Crippen molar-refractivity contribution in [2.75, 3.05) is 5.32 Å². The summed E-state index contributed by atoms with van der Waals surface area (Å²) in [7, 11) is 0. The Morgan fingerprint density at radius 3 is 2.74 bits per heavy atom. The van der Waals surface area contributed by atoms with E-state index in [2.05, 4.69) is 10.3 Å². The number of amides is 1. The number of hydrogen-bond acceptors (Lipinski definition) is 4. The number of primary amides is 1. The second-order valence-electron chi connectivity index (χ2n) is 6.02. The molecule has 1 aromatic heterocycles. The number of nitrogens with one attached hydrogen (secondary N) is 1. The minimum Gasteiger partial charge on any atom is -0.365 e. The van der Waals surface area contributed by atoms with Crippen LogP contribution in [0.1, 0.15) is 28.4 Å². The molecule has 0 saturated heterocycles. The van der Waals surface area contributed by atoms with Crippen molar-refractivity contribution in [2.24, 2.45) is 5.73 Å². The second kappa shape index (κ2) is 7.81. The Kier molecular flexibility index (Phi) is 5.48. The van der Waals surface area contributed by atoms with Crippen LogP contribution < -0.4 is 11.1 Å². The van der Waals surface area contributed by atoms with Crippen molar-refractivity contribution in [2.45, 2.75) is 19.1 Å². The van der Waals surface area contributed by atoms with Crippen LogP contribution >= 0.6 is 0 Å². The lowest BCUT2D eigenvalue weighted by Crippen LogP contribution is -2.14. The SMILES string of the molecule is CCc1cc(CS(=O)O)cc2c(Nc3cccc(F)c3)c(C(N)=O)cnc12. The topological polar surface area (TPSA) is 105 Å². The van der Waals surface area contributed by atoms with Crippen LogP contribution in [0.4, 0.5) is 15.8 Å². The van der Waals surface area contributed by atoms with Crippen LogP contribution in [0.2, 0.25) is 0 Å². The molecular weight excluding hydrogens is 369 g/mol. The summed E-state index contributed by atoms with van der Waals surface area (Å²) in [6.07, 6.45) is 2.03. The maximum atomic E-state index is 13.6. The summed E-state index contributed by atoms with van der Waals surface area (Å²) in [6.45, 7) is 1.94. The summed E-state index contributed by atoms with van der Waals surface area (Å²) >= 11 is -2.01. The minimum absolute atomic E-state index is 0.0524. The quantitative estimate of drug-likeness (QED) is 0.562. The zero-order chi connectivity index (χ0) is 19.6. The van der Waals surface area contributed by atoms with Crippen molar-refractivity contribution in [1.29, 1.82) is 0 Å². The first-order valence-electron chi connectivity index (χ1n) is 8.23. The molecule has 1 unspecified atom stereocenters. The van der Waals surface area contributed by atoms with Crippen LogP contribution in [0.25, 0.3) is 10.9 Å². The van der Waals surface area contributed by atoms with Gasteiger partial charge in [-0.3, -0.25) is 9.78 Å². The molecule has 0 aliphatic rings. The lowest BCUT2D eigenvalue weighted by atomic mass is 10.0. The number of halogens is 1. The van der Waals surface area contributed by atoms with E-state index in [1.165, 1.54) is 18.3 Å². The van der Waals surface area contributed by atoms with Crippen molar-refractivity contribution < 1.29 is 17.9 Å². The molecule has 1 amide bonds. The highest BCUT2D eigenvalue weighted by molar-refractivity contribution is 7.78. The van der Waals surface area contributed by atoms with E-state index >= 15 is 0 Å². The number of carbonyl (C=O) groups excluding carboxylic acids is 1. The van der Waals surface area contributed by atoms with E-state index < -0.39 is 22.8 Å². The standard InChI is InChI=1S/C19H18FN3O3S/c1-2-12-6-11(10-27(25)26)7-15-17(12)22-9-16(19(21)24)18(15)23-14-5-3-4-13(20)8-14/h3-9H,2,10H2,1H3,(H2,21,24)(H,22,23)(H,25,26). The van der Waals surface area contributed by atoms with Gasteiger partial charge in [-0.2, -0.15) is 0 Å². The van der Waals surface area contributed by atoms with Gasteiger partial charge in [0, 0.05) is 17.3 Å². The first-order valence-corrected chi connectivity index (χ1v) is 9.51. The Morgan fingerprint density at radius 2 is 2.11 bits per heavy atom. The maximum Gasteiger partial charge on any atom is 0.252 e. The van der Waals surface area contributed by atoms with Crippen LogP contribution in [-0.2, 0) is 23.3 Å². The minimum atomic E-state index is -2.01. The number of nitrogens with two attached hydrogens (primary N) is 1. The number of fused-ring (bicyclic) bond motifs is 1. The molecule has 1 atom stereocenters. The van der Waals surface area contributed by atoms with Crippen molar-refractivity contribution in [1.82, 2.24) is 4.98 Å². The largest absolute Gasteiger partial charge is 0.365 e. The lowest BCUT2D eigenvalue weighted by Gasteiger charge is -2.16. The Hall–Kier alpha value is -2.84. The third kappa shape index (κ3) is 4.12. The summed E-state index contributed by atoms with van der Waals surface area (Å²) in [5.41, 5.74) is 8.62. The van der Waals surface area contributed by atoms with Gasteiger partial charge in [0.05, 0.1) is 22.5 Å². The zero-order valence-corrected chi connectivity index (χ0v) is 15.3.